The molecule has 2 aromatic rings. The van der Waals surface area contributed by atoms with E-state index < -0.39 is 0 Å². The molecule has 1 heterocycles. The summed E-state index contributed by atoms with van der Waals surface area (Å²) in [5, 5.41) is 0. The number of carbonyl (C=O) groups is 1. The van der Waals surface area contributed by atoms with E-state index in [4.69, 9.17) is 4.74 Å². The van der Waals surface area contributed by atoms with Gasteiger partial charge in [-0.3, -0.25) is 4.79 Å². The lowest BCUT2D eigenvalue weighted by Crippen LogP contribution is -2.40. The van der Waals surface area contributed by atoms with Crippen LogP contribution in [0.15, 0.2) is 54.6 Å². The fourth-order valence-electron chi connectivity index (χ4n) is 4.14. The van der Waals surface area contributed by atoms with Crippen LogP contribution in [0.2, 0.25) is 0 Å². The van der Waals surface area contributed by atoms with E-state index in [2.05, 4.69) is 47.4 Å². The first-order valence-electron chi connectivity index (χ1n) is 8.24. The van der Waals surface area contributed by atoms with E-state index in [9.17, 15) is 4.79 Å². The molecule has 2 aromatic carbocycles. The summed E-state index contributed by atoms with van der Waals surface area (Å²) in [6.45, 7) is 0.702. The molecular weight excluding hydrogens is 286 g/mol. The Morgan fingerprint density at radius 1 is 1.04 bits per heavy atom. The van der Waals surface area contributed by atoms with Crippen LogP contribution in [0.1, 0.15) is 29.9 Å². The highest BCUT2D eigenvalue weighted by molar-refractivity contribution is 5.83. The van der Waals surface area contributed by atoms with Crippen LogP contribution in [-0.4, -0.2) is 24.0 Å². The first-order chi connectivity index (χ1) is 11.3. The quantitative estimate of drug-likeness (QED) is 0.864. The summed E-state index contributed by atoms with van der Waals surface area (Å²) in [5.41, 5.74) is 2.53. The number of hydrogen-bond donors (Lipinski definition) is 0. The van der Waals surface area contributed by atoms with E-state index in [1.165, 1.54) is 11.1 Å². The summed E-state index contributed by atoms with van der Waals surface area (Å²) in [6.07, 6.45) is 2.02. The summed E-state index contributed by atoms with van der Waals surface area (Å²) in [5.74, 6) is 1.88. The summed E-state index contributed by atoms with van der Waals surface area (Å²) in [6, 6.07) is 19.0. The van der Waals surface area contributed by atoms with Gasteiger partial charge in [0.25, 0.3) is 0 Å². The van der Waals surface area contributed by atoms with Crippen molar-refractivity contribution in [2.24, 2.45) is 5.92 Å². The molecule has 23 heavy (non-hydrogen) atoms. The molecule has 0 spiro atoms. The highest BCUT2D eigenvalue weighted by atomic mass is 16.5. The topological polar surface area (TPSA) is 29.5 Å². The van der Waals surface area contributed by atoms with Crippen LogP contribution < -0.4 is 4.74 Å². The van der Waals surface area contributed by atoms with Gasteiger partial charge in [0.05, 0.1) is 7.11 Å². The Labute approximate surface area is 136 Å². The van der Waals surface area contributed by atoms with Crippen molar-refractivity contribution in [1.82, 2.24) is 4.90 Å². The fraction of sp³-hybridized carbons (Fsp3) is 0.350. The molecule has 3 nitrogen and oxygen atoms in total. The Morgan fingerprint density at radius 3 is 2.43 bits per heavy atom. The second kappa shape index (κ2) is 5.73. The SMILES string of the molecule is COc1ccc(CN2C(=O)[C@H]3C[C@H](c4ccccc4)[C@@H]2C3)cc1. The van der Waals surface area contributed by atoms with Gasteiger partial charge in [0.15, 0.2) is 0 Å². The Kier molecular flexibility index (Phi) is 3.56. The van der Waals surface area contributed by atoms with Crippen LogP contribution >= 0.6 is 0 Å². The van der Waals surface area contributed by atoms with E-state index in [-0.39, 0.29) is 5.92 Å². The van der Waals surface area contributed by atoms with E-state index >= 15 is 0 Å². The molecule has 118 valence electrons. The summed E-state index contributed by atoms with van der Waals surface area (Å²) >= 11 is 0. The monoisotopic (exact) mass is 307 g/mol. The maximum Gasteiger partial charge on any atom is 0.226 e. The van der Waals surface area contributed by atoms with Gasteiger partial charge in [-0.1, -0.05) is 42.5 Å². The highest BCUT2D eigenvalue weighted by Crippen LogP contribution is 2.48. The van der Waals surface area contributed by atoms with Gasteiger partial charge >= 0.3 is 0 Å². The van der Waals surface area contributed by atoms with Gasteiger partial charge in [-0.15, -0.1) is 0 Å². The molecule has 1 aliphatic carbocycles. The molecule has 2 bridgehead atoms. The van der Waals surface area contributed by atoms with Gasteiger partial charge < -0.3 is 9.64 Å². The summed E-state index contributed by atoms with van der Waals surface area (Å²) < 4.78 is 5.20. The second-order valence-corrected chi connectivity index (χ2v) is 6.57. The molecular formula is C20H21NO2. The van der Waals surface area contributed by atoms with Crippen molar-refractivity contribution in [3.8, 4) is 5.75 Å². The number of rotatable bonds is 4. The van der Waals surface area contributed by atoms with Crippen molar-refractivity contribution in [3.05, 3.63) is 65.7 Å². The Hall–Kier alpha value is -2.29. The largest absolute Gasteiger partial charge is 0.497 e. The van der Waals surface area contributed by atoms with Crippen molar-refractivity contribution >= 4 is 5.91 Å². The normalized spacial score (nSPS) is 25.9. The van der Waals surface area contributed by atoms with Gasteiger partial charge in [0.1, 0.15) is 5.75 Å². The third-order valence-electron chi connectivity index (χ3n) is 5.30. The minimum Gasteiger partial charge on any atom is -0.497 e. The molecule has 0 unspecified atom stereocenters. The standard InChI is InChI=1S/C20H21NO2/c1-23-17-9-7-14(8-10-17)13-21-19-12-16(20(21)22)11-18(19)15-5-3-2-4-6-15/h2-10,16,18-19H,11-13H2,1H3/t16-,18+,19-/m0/s1. The van der Waals surface area contributed by atoms with Crippen LogP contribution in [0, 0.1) is 5.92 Å². The van der Waals surface area contributed by atoms with E-state index in [1.54, 1.807) is 7.11 Å². The van der Waals surface area contributed by atoms with Gasteiger partial charge in [0, 0.05) is 24.4 Å². The second-order valence-electron chi connectivity index (χ2n) is 6.57. The average molecular weight is 307 g/mol. The van der Waals surface area contributed by atoms with E-state index in [0.29, 0.717) is 24.4 Å². The molecule has 1 aliphatic heterocycles. The van der Waals surface area contributed by atoms with Crippen molar-refractivity contribution in [2.45, 2.75) is 31.3 Å². The number of benzene rings is 2. The zero-order valence-electron chi connectivity index (χ0n) is 13.3. The lowest BCUT2D eigenvalue weighted by molar-refractivity contribution is -0.135. The van der Waals surface area contributed by atoms with Gasteiger partial charge in [-0.05, 0) is 36.1 Å². The third kappa shape index (κ3) is 2.50. The van der Waals surface area contributed by atoms with Crippen LogP contribution in [0.5, 0.6) is 5.75 Å². The number of fused-ring (bicyclic) bond motifs is 2. The highest BCUT2D eigenvalue weighted by Gasteiger charge is 2.50. The Bertz CT molecular complexity index is 695. The molecule has 1 saturated carbocycles. The lowest BCUT2D eigenvalue weighted by atomic mass is 9.90. The number of piperidine rings is 1. The van der Waals surface area contributed by atoms with Crippen molar-refractivity contribution in [2.75, 3.05) is 7.11 Å². The van der Waals surface area contributed by atoms with Crippen molar-refractivity contribution < 1.29 is 9.53 Å². The first-order valence-corrected chi connectivity index (χ1v) is 8.24. The summed E-state index contributed by atoms with van der Waals surface area (Å²) in [7, 11) is 1.67. The molecule has 3 atom stereocenters. The zero-order chi connectivity index (χ0) is 15.8. The Balaban J connectivity index is 1.55. The number of amides is 1. The van der Waals surface area contributed by atoms with Crippen LogP contribution in [0.25, 0.3) is 0 Å². The number of carbonyl (C=O) groups excluding carboxylic acids is 1. The Morgan fingerprint density at radius 2 is 1.78 bits per heavy atom. The molecule has 2 fully saturated rings. The molecule has 0 N–H and O–H groups in total. The van der Waals surface area contributed by atoms with Gasteiger partial charge in [0.2, 0.25) is 5.91 Å². The maximum atomic E-state index is 12.6. The third-order valence-corrected chi connectivity index (χ3v) is 5.30. The number of ether oxygens (including phenoxy) is 1. The minimum atomic E-state index is 0.212. The van der Waals surface area contributed by atoms with E-state index in [1.807, 2.05) is 12.1 Å². The molecule has 1 saturated heterocycles. The van der Waals surface area contributed by atoms with Gasteiger partial charge in [-0.2, -0.15) is 0 Å². The van der Waals surface area contributed by atoms with E-state index in [0.717, 1.165) is 18.6 Å². The smallest absolute Gasteiger partial charge is 0.226 e. The van der Waals surface area contributed by atoms with Crippen molar-refractivity contribution in [3.63, 3.8) is 0 Å². The maximum absolute atomic E-state index is 12.6. The first kappa shape index (κ1) is 14.3. The number of nitrogens with zero attached hydrogens (tertiary/aromatic N) is 1. The minimum absolute atomic E-state index is 0.212. The lowest BCUT2D eigenvalue weighted by Gasteiger charge is -2.33. The predicted molar refractivity (Wildman–Crippen MR) is 89.2 cm³/mol. The number of methoxy groups -OCH3 is 1. The number of likely N-dealkylation sites (tertiary alicyclic amines) is 1. The molecule has 3 heteroatoms. The van der Waals surface area contributed by atoms with Crippen LogP contribution in [0.4, 0.5) is 0 Å². The molecule has 0 aromatic heterocycles. The predicted octanol–water partition coefficient (Wildman–Crippen LogP) is 3.60. The van der Waals surface area contributed by atoms with Crippen LogP contribution in [-0.2, 0) is 11.3 Å². The van der Waals surface area contributed by atoms with Gasteiger partial charge in [-0.25, -0.2) is 0 Å². The molecule has 1 amide bonds. The molecule has 0 radical (unpaired) electrons. The molecule has 4 rings (SSSR count). The van der Waals surface area contributed by atoms with Crippen LogP contribution in [0.3, 0.4) is 0 Å². The summed E-state index contributed by atoms with van der Waals surface area (Å²) in [4.78, 5) is 14.7. The molecule has 2 aliphatic rings. The average Bonchev–Trinajstić information content (AvgIpc) is 3.16. The fourth-order valence-corrected chi connectivity index (χ4v) is 4.14. The number of hydrogen-bond acceptors (Lipinski definition) is 2. The zero-order valence-corrected chi connectivity index (χ0v) is 13.3. The van der Waals surface area contributed by atoms with Crippen molar-refractivity contribution in [1.29, 1.82) is 0 Å².